The van der Waals surface area contributed by atoms with E-state index >= 15 is 0 Å². The predicted molar refractivity (Wildman–Crippen MR) is 85.3 cm³/mol. The zero-order valence-corrected chi connectivity index (χ0v) is 13.1. The van der Waals surface area contributed by atoms with Gasteiger partial charge in [0.25, 0.3) is 0 Å². The zero-order chi connectivity index (χ0) is 16.8. The van der Waals surface area contributed by atoms with Gasteiger partial charge in [-0.1, -0.05) is 30.3 Å². The Labute approximate surface area is 138 Å². The molecule has 0 aromatic heterocycles. The van der Waals surface area contributed by atoms with Gasteiger partial charge in [-0.3, -0.25) is 4.79 Å². The molecule has 0 spiro atoms. The van der Waals surface area contributed by atoms with Crippen molar-refractivity contribution in [1.29, 1.82) is 0 Å². The molecule has 0 saturated heterocycles. The molecule has 0 heterocycles. The summed E-state index contributed by atoms with van der Waals surface area (Å²) in [5, 5.41) is 10.0. The van der Waals surface area contributed by atoms with Crippen molar-refractivity contribution in [2.45, 2.75) is 13.0 Å². The normalized spacial score (nSPS) is 11.6. The van der Waals surface area contributed by atoms with E-state index in [-0.39, 0.29) is 23.7 Å². The molecule has 0 amide bonds. The van der Waals surface area contributed by atoms with Gasteiger partial charge in [0.1, 0.15) is 24.2 Å². The second-order valence-corrected chi connectivity index (χ2v) is 5.16. The molecule has 0 aliphatic rings. The Morgan fingerprint density at radius 1 is 1.17 bits per heavy atom. The van der Waals surface area contributed by atoms with E-state index in [4.69, 9.17) is 16.3 Å². The number of benzene rings is 2. The monoisotopic (exact) mass is 334 g/mol. The van der Waals surface area contributed by atoms with Gasteiger partial charge in [-0.2, -0.15) is 0 Å². The van der Waals surface area contributed by atoms with Gasteiger partial charge < -0.3 is 14.6 Å². The number of aromatic hydroxyl groups is 1. The number of hydrogen-bond acceptors (Lipinski definition) is 5. The molecule has 1 atom stereocenters. The van der Waals surface area contributed by atoms with Gasteiger partial charge in [0.05, 0.1) is 5.56 Å². The van der Waals surface area contributed by atoms with Gasteiger partial charge in [-0.25, -0.2) is 4.79 Å². The van der Waals surface area contributed by atoms with E-state index in [1.807, 2.05) is 6.07 Å². The summed E-state index contributed by atoms with van der Waals surface area (Å²) in [7, 11) is 0. The van der Waals surface area contributed by atoms with Gasteiger partial charge >= 0.3 is 5.43 Å². The fourth-order valence-electron chi connectivity index (χ4n) is 1.97. The smallest absolute Gasteiger partial charge is 0.403 e. The van der Waals surface area contributed by atoms with Crippen LogP contribution >= 0.6 is 11.6 Å². The molecule has 120 valence electrons. The van der Waals surface area contributed by atoms with E-state index in [9.17, 15) is 14.7 Å². The minimum atomic E-state index is -0.910. The fraction of sp³-hybridized carbons (Fsp3) is 0.176. The molecule has 0 radical (unpaired) electrons. The summed E-state index contributed by atoms with van der Waals surface area (Å²) < 4.78 is 10.1. The van der Waals surface area contributed by atoms with Crippen molar-refractivity contribution < 1.29 is 24.2 Å². The molecule has 0 fully saturated rings. The minimum Gasteiger partial charge on any atom is -0.507 e. The average molecular weight is 335 g/mol. The maximum absolute atomic E-state index is 12.3. The largest absolute Gasteiger partial charge is 0.507 e. The number of rotatable bonds is 6. The van der Waals surface area contributed by atoms with Crippen LogP contribution in [-0.4, -0.2) is 29.0 Å². The molecular formula is C17H15ClO5. The number of ether oxygens (including phenoxy) is 2. The molecule has 2 aromatic carbocycles. The van der Waals surface area contributed by atoms with E-state index in [0.717, 1.165) is 0 Å². The summed E-state index contributed by atoms with van der Waals surface area (Å²) in [5.41, 5.74) is -0.241. The van der Waals surface area contributed by atoms with Crippen molar-refractivity contribution in [3.05, 3.63) is 59.7 Å². The van der Waals surface area contributed by atoms with Crippen molar-refractivity contribution in [3.8, 4) is 11.5 Å². The highest BCUT2D eigenvalue weighted by molar-refractivity contribution is 6.61. The number of carbonyl (C=O) groups excluding carboxylic acids is 2. The van der Waals surface area contributed by atoms with Crippen LogP contribution < -0.4 is 4.74 Å². The Bertz CT molecular complexity index is 699. The highest BCUT2D eigenvalue weighted by Gasteiger charge is 2.15. The van der Waals surface area contributed by atoms with E-state index in [2.05, 4.69) is 4.74 Å². The Hall–Kier alpha value is -2.53. The molecule has 0 saturated carbocycles. The number of carbonyl (C=O) groups is 2. The minimum absolute atomic E-state index is 0.0200. The van der Waals surface area contributed by atoms with Crippen LogP contribution in [0, 0.1) is 0 Å². The molecule has 0 aliphatic carbocycles. The van der Waals surface area contributed by atoms with Gasteiger partial charge in [-0.15, -0.1) is 0 Å². The molecule has 0 aliphatic heterocycles. The number of ketones is 1. The lowest BCUT2D eigenvalue weighted by Gasteiger charge is -2.14. The Morgan fingerprint density at radius 2 is 1.87 bits per heavy atom. The van der Waals surface area contributed by atoms with Crippen LogP contribution in [0.15, 0.2) is 48.5 Å². The number of halogens is 1. The third-order valence-electron chi connectivity index (χ3n) is 3.02. The van der Waals surface area contributed by atoms with E-state index < -0.39 is 11.5 Å². The standard InChI is InChI=1S/C17H15ClO5/c1-11(10-22-17(18)21)23-13-7-8-14(15(19)9-13)16(20)12-5-3-2-4-6-12/h2-9,11,19H,10H2,1H3. The summed E-state index contributed by atoms with van der Waals surface area (Å²) in [6.45, 7) is 1.66. The Balaban J connectivity index is 2.09. The summed E-state index contributed by atoms with van der Waals surface area (Å²) >= 11 is 5.07. The maximum atomic E-state index is 12.3. The van der Waals surface area contributed by atoms with Crippen LogP contribution in [0.4, 0.5) is 4.79 Å². The predicted octanol–water partition coefficient (Wildman–Crippen LogP) is 3.77. The summed E-state index contributed by atoms with van der Waals surface area (Å²) in [6.07, 6.45) is -0.451. The highest BCUT2D eigenvalue weighted by Crippen LogP contribution is 2.26. The van der Waals surface area contributed by atoms with Gasteiger partial charge in [-0.05, 0) is 19.1 Å². The van der Waals surface area contributed by atoms with Crippen molar-refractivity contribution in [2.24, 2.45) is 0 Å². The van der Waals surface area contributed by atoms with Crippen LogP contribution in [0.5, 0.6) is 11.5 Å². The van der Waals surface area contributed by atoms with E-state index in [0.29, 0.717) is 11.3 Å². The highest BCUT2D eigenvalue weighted by atomic mass is 35.5. The van der Waals surface area contributed by atoms with E-state index in [1.54, 1.807) is 37.3 Å². The number of hydrogen-bond donors (Lipinski definition) is 1. The fourth-order valence-corrected chi connectivity index (χ4v) is 2.03. The number of phenolic OH excluding ortho intramolecular Hbond substituents is 1. The van der Waals surface area contributed by atoms with Crippen LogP contribution in [0.1, 0.15) is 22.8 Å². The first-order valence-electron chi connectivity index (χ1n) is 6.89. The van der Waals surface area contributed by atoms with Crippen molar-refractivity contribution in [3.63, 3.8) is 0 Å². The van der Waals surface area contributed by atoms with Crippen LogP contribution in [0.25, 0.3) is 0 Å². The molecule has 1 unspecified atom stereocenters. The van der Waals surface area contributed by atoms with Crippen LogP contribution in [0.2, 0.25) is 0 Å². The van der Waals surface area contributed by atoms with E-state index in [1.165, 1.54) is 12.1 Å². The molecule has 2 rings (SSSR count). The second kappa shape index (κ2) is 7.65. The average Bonchev–Trinajstić information content (AvgIpc) is 2.53. The Kier molecular flexibility index (Phi) is 5.60. The quantitative estimate of drug-likeness (QED) is 0.643. The van der Waals surface area contributed by atoms with Crippen LogP contribution in [-0.2, 0) is 4.74 Å². The topological polar surface area (TPSA) is 72.8 Å². The molecule has 23 heavy (non-hydrogen) atoms. The lowest BCUT2D eigenvalue weighted by molar-refractivity contribution is 0.103. The third-order valence-corrected chi connectivity index (χ3v) is 3.13. The van der Waals surface area contributed by atoms with Crippen LogP contribution in [0.3, 0.4) is 0 Å². The lowest BCUT2D eigenvalue weighted by atomic mass is 10.0. The molecule has 1 N–H and O–H groups in total. The lowest BCUT2D eigenvalue weighted by Crippen LogP contribution is -2.19. The van der Waals surface area contributed by atoms with Gasteiger partial charge in [0, 0.05) is 23.2 Å². The summed E-state index contributed by atoms with van der Waals surface area (Å²) in [5.74, 6) is -0.109. The summed E-state index contributed by atoms with van der Waals surface area (Å²) in [6, 6.07) is 13.1. The molecule has 6 heteroatoms. The molecule has 2 aromatic rings. The molecule has 0 bridgehead atoms. The first-order valence-corrected chi connectivity index (χ1v) is 7.27. The first kappa shape index (κ1) is 16.8. The zero-order valence-electron chi connectivity index (χ0n) is 12.4. The molecule has 5 nitrogen and oxygen atoms in total. The van der Waals surface area contributed by atoms with Crippen molar-refractivity contribution in [2.75, 3.05) is 6.61 Å². The Morgan fingerprint density at radius 3 is 2.48 bits per heavy atom. The maximum Gasteiger partial charge on any atom is 0.403 e. The second-order valence-electron chi connectivity index (χ2n) is 4.85. The van der Waals surface area contributed by atoms with Gasteiger partial charge in [0.2, 0.25) is 0 Å². The van der Waals surface area contributed by atoms with Crippen molar-refractivity contribution in [1.82, 2.24) is 0 Å². The van der Waals surface area contributed by atoms with Crippen molar-refractivity contribution >= 4 is 22.8 Å². The first-order chi connectivity index (χ1) is 11.0. The molecular weight excluding hydrogens is 320 g/mol. The SMILES string of the molecule is CC(COC(=O)Cl)Oc1ccc(C(=O)c2ccccc2)c(O)c1. The summed E-state index contributed by atoms with van der Waals surface area (Å²) in [4.78, 5) is 22.8. The van der Waals surface area contributed by atoms with Gasteiger partial charge in [0.15, 0.2) is 5.78 Å². The third kappa shape index (κ3) is 4.72. The number of phenols is 1.